The van der Waals surface area contributed by atoms with Gasteiger partial charge in [0.15, 0.2) is 0 Å². The predicted octanol–water partition coefficient (Wildman–Crippen LogP) is 2.56. The first-order chi connectivity index (χ1) is 9.50. The molecule has 1 spiro atoms. The third-order valence-electron chi connectivity index (χ3n) is 5.46. The van der Waals surface area contributed by atoms with Gasteiger partial charge in [-0.3, -0.25) is 10.1 Å². The van der Waals surface area contributed by atoms with Gasteiger partial charge < -0.3 is 4.90 Å². The number of piperidine rings is 1. The molecule has 1 unspecified atom stereocenters. The van der Waals surface area contributed by atoms with Crippen molar-refractivity contribution < 1.29 is 13.6 Å². The smallest absolute Gasteiger partial charge is 0.262 e. The summed E-state index contributed by atoms with van der Waals surface area (Å²) in [5, 5.41) is 2.67. The molecule has 0 radical (unpaired) electrons. The van der Waals surface area contributed by atoms with Crippen LogP contribution >= 0.6 is 0 Å². The molecule has 2 heterocycles. The molecule has 2 saturated heterocycles. The van der Waals surface area contributed by atoms with Crippen molar-refractivity contribution in [3.05, 3.63) is 0 Å². The molecule has 0 aromatic rings. The summed E-state index contributed by atoms with van der Waals surface area (Å²) in [5.74, 6) is -2.84. The summed E-state index contributed by atoms with van der Waals surface area (Å²) in [7, 11) is 0. The van der Waals surface area contributed by atoms with Crippen LogP contribution in [0.3, 0.4) is 0 Å². The fourth-order valence-corrected chi connectivity index (χ4v) is 4.11. The molecule has 3 rings (SSSR count). The summed E-state index contributed by atoms with van der Waals surface area (Å²) in [6, 6.07) is -0.676. The van der Waals surface area contributed by atoms with Crippen LogP contribution in [-0.4, -0.2) is 42.4 Å². The van der Waals surface area contributed by atoms with Crippen LogP contribution in [0.5, 0.6) is 0 Å². The number of nitrogens with zero attached hydrogens (tertiary/aromatic N) is 1. The number of alkyl halides is 2. The Morgan fingerprint density at radius 1 is 1.05 bits per heavy atom. The zero-order chi connectivity index (χ0) is 14.2. The zero-order valence-electron chi connectivity index (χ0n) is 12.0. The molecule has 1 aliphatic carbocycles. The number of carbonyl (C=O) groups is 1. The Kier molecular flexibility index (Phi) is 3.73. The first-order valence-corrected chi connectivity index (χ1v) is 7.90. The summed E-state index contributed by atoms with van der Waals surface area (Å²) in [4.78, 5) is 14.1. The van der Waals surface area contributed by atoms with Crippen LogP contribution < -0.4 is 5.32 Å². The van der Waals surface area contributed by atoms with Gasteiger partial charge in [-0.1, -0.05) is 19.3 Å². The topological polar surface area (TPSA) is 32.3 Å². The number of likely N-dealkylation sites (tertiary alicyclic amines) is 1. The maximum Gasteiger partial charge on any atom is 0.262 e. The van der Waals surface area contributed by atoms with Crippen molar-refractivity contribution in [3.63, 3.8) is 0 Å². The molecule has 20 heavy (non-hydrogen) atoms. The summed E-state index contributed by atoms with van der Waals surface area (Å²) in [6.45, 7) is 1.15. The molecule has 3 fully saturated rings. The van der Waals surface area contributed by atoms with Gasteiger partial charge in [-0.15, -0.1) is 0 Å². The predicted molar refractivity (Wildman–Crippen MR) is 72.7 cm³/mol. The maximum absolute atomic E-state index is 13.2. The Labute approximate surface area is 119 Å². The zero-order valence-corrected chi connectivity index (χ0v) is 12.0. The van der Waals surface area contributed by atoms with Crippen LogP contribution in [0.15, 0.2) is 0 Å². The summed E-state index contributed by atoms with van der Waals surface area (Å²) >= 11 is 0. The van der Waals surface area contributed by atoms with E-state index in [2.05, 4.69) is 5.32 Å². The molecule has 114 valence electrons. The van der Waals surface area contributed by atoms with E-state index in [0.29, 0.717) is 5.41 Å². The highest BCUT2D eigenvalue weighted by Gasteiger charge is 2.45. The lowest BCUT2D eigenvalue weighted by Gasteiger charge is -2.44. The van der Waals surface area contributed by atoms with E-state index < -0.39 is 12.0 Å². The molecule has 0 aromatic heterocycles. The normalized spacial score (nSPS) is 32.5. The van der Waals surface area contributed by atoms with Crippen molar-refractivity contribution in [3.8, 4) is 0 Å². The fourth-order valence-electron chi connectivity index (χ4n) is 4.11. The van der Waals surface area contributed by atoms with Crippen LogP contribution in [0.4, 0.5) is 8.78 Å². The van der Waals surface area contributed by atoms with E-state index in [4.69, 9.17) is 0 Å². The van der Waals surface area contributed by atoms with E-state index in [1.54, 1.807) is 4.90 Å². The van der Waals surface area contributed by atoms with Crippen LogP contribution in [0, 0.1) is 5.41 Å². The summed E-state index contributed by atoms with van der Waals surface area (Å²) < 4.78 is 26.3. The quantitative estimate of drug-likeness (QED) is 0.803. The number of amides is 1. The second kappa shape index (κ2) is 5.24. The highest BCUT2D eigenvalue weighted by molar-refractivity contribution is 5.82. The molecular formula is C15H24F2N2O. The second-order valence-electron chi connectivity index (χ2n) is 6.88. The monoisotopic (exact) mass is 286 g/mol. The van der Waals surface area contributed by atoms with Crippen molar-refractivity contribution in [2.45, 2.75) is 63.3 Å². The molecule has 3 aliphatic rings. The SMILES string of the molecule is O=C(C1CC(F)(F)CN1)N1CCC2(CCCCC2)CC1. The lowest BCUT2D eigenvalue weighted by molar-refractivity contribution is -0.136. The fraction of sp³-hybridized carbons (Fsp3) is 0.933. The van der Waals surface area contributed by atoms with Gasteiger partial charge in [0.05, 0.1) is 12.6 Å². The van der Waals surface area contributed by atoms with Gasteiger partial charge in [-0.25, -0.2) is 8.78 Å². The number of nitrogens with one attached hydrogen (secondary N) is 1. The van der Waals surface area contributed by atoms with Gasteiger partial charge in [0.25, 0.3) is 5.92 Å². The summed E-state index contributed by atoms with van der Waals surface area (Å²) in [5.41, 5.74) is 0.447. The van der Waals surface area contributed by atoms with Crippen LogP contribution in [-0.2, 0) is 4.79 Å². The first kappa shape index (κ1) is 14.2. The number of hydrogen-bond donors (Lipinski definition) is 1. The molecule has 1 saturated carbocycles. The van der Waals surface area contributed by atoms with Gasteiger partial charge in [0.2, 0.25) is 5.91 Å². The molecular weight excluding hydrogens is 262 g/mol. The minimum absolute atomic E-state index is 0.118. The van der Waals surface area contributed by atoms with Crippen molar-refractivity contribution in [2.24, 2.45) is 5.41 Å². The third kappa shape index (κ3) is 2.83. The van der Waals surface area contributed by atoms with Crippen molar-refractivity contribution in [2.75, 3.05) is 19.6 Å². The third-order valence-corrected chi connectivity index (χ3v) is 5.46. The molecule has 0 aromatic carbocycles. The van der Waals surface area contributed by atoms with E-state index in [9.17, 15) is 13.6 Å². The lowest BCUT2D eigenvalue weighted by Crippen LogP contribution is -2.49. The molecule has 1 N–H and O–H groups in total. The molecule has 1 amide bonds. The van der Waals surface area contributed by atoms with E-state index in [1.807, 2.05) is 0 Å². The van der Waals surface area contributed by atoms with E-state index in [1.165, 1.54) is 32.1 Å². The second-order valence-corrected chi connectivity index (χ2v) is 6.88. The van der Waals surface area contributed by atoms with Gasteiger partial charge in [0, 0.05) is 19.5 Å². The first-order valence-electron chi connectivity index (χ1n) is 7.90. The standard InChI is InChI=1S/C15H24F2N2O/c16-15(17)10-12(18-11-15)13(20)19-8-6-14(7-9-19)4-2-1-3-5-14/h12,18H,1-11H2. The highest BCUT2D eigenvalue weighted by atomic mass is 19.3. The minimum atomic E-state index is -2.72. The Morgan fingerprint density at radius 2 is 1.70 bits per heavy atom. The van der Waals surface area contributed by atoms with Crippen LogP contribution in [0.25, 0.3) is 0 Å². The average Bonchev–Trinajstić information content (AvgIpc) is 2.80. The number of hydrogen-bond acceptors (Lipinski definition) is 2. The van der Waals surface area contributed by atoms with Crippen molar-refractivity contribution in [1.29, 1.82) is 0 Å². The Balaban J connectivity index is 1.54. The molecule has 0 bridgehead atoms. The molecule has 5 heteroatoms. The van der Waals surface area contributed by atoms with E-state index in [0.717, 1.165) is 25.9 Å². The van der Waals surface area contributed by atoms with Gasteiger partial charge in [-0.2, -0.15) is 0 Å². The number of rotatable bonds is 1. The van der Waals surface area contributed by atoms with Crippen LogP contribution in [0.1, 0.15) is 51.4 Å². The largest absolute Gasteiger partial charge is 0.341 e. The maximum atomic E-state index is 13.2. The average molecular weight is 286 g/mol. The Bertz CT molecular complexity index is 370. The number of carbonyl (C=O) groups excluding carboxylic acids is 1. The Morgan fingerprint density at radius 3 is 2.25 bits per heavy atom. The molecule has 1 atom stereocenters. The minimum Gasteiger partial charge on any atom is -0.341 e. The van der Waals surface area contributed by atoms with Crippen molar-refractivity contribution >= 4 is 5.91 Å². The number of halogens is 2. The van der Waals surface area contributed by atoms with Crippen LogP contribution in [0.2, 0.25) is 0 Å². The van der Waals surface area contributed by atoms with Gasteiger partial charge in [0.1, 0.15) is 0 Å². The summed E-state index contributed by atoms with van der Waals surface area (Å²) in [6.07, 6.45) is 8.31. The van der Waals surface area contributed by atoms with Gasteiger partial charge in [-0.05, 0) is 31.1 Å². The highest BCUT2D eigenvalue weighted by Crippen LogP contribution is 2.44. The molecule has 3 nitrogen and oxygen atoms in total. The van der Waals surface area contributed by atoms with E-state index in [-0.39, 0.29) is 18.9 Å². The van der Waals surface area contributed by atoms with Crippen molar-refractivity contribution in [1.82, 2.24) is 10.2 Å². The van der Waals surface area contributed by atoms with Gasteiger partial charge >= 0.3 is 0 Å². The molecule has 2 aliphatic heterocycles. The van der Waals surface area contributed by atoms with E-state index >= 15 is 0 Å². The lowest BCUT2D eigenvalue weighted by atomic mass is 9.68. The Hall–Kier alpha value is -0.710.